The molecule has 1 atom stereocenters. The quantitative estimate of drug-likeness (QED) is 0.476. The zero-order valence-electron chi connectivity index (χ0n) is 17.9. The Balaban J connectivity index is 1.88. The van der Waals surface area contributed by atoms with Gasteiger partial charge in [0.25, 0.3) is 5.56 Å². The number of nitrogens with zero attached hydrogens (tertiary/aromatic N) is 4. The van der Waals surface area contributed by atoms with E-state index >= 15 is 0 Å². The van der Waals surface area contributed by atoms with Gasteiger partial charge in [-0.1, -0.05) is 17.9 Å². The van der Waals surface area contributed by atoms with E-state index in [0.717, 1.165) is 18.2 Å². The number of hydrogen-bond donors (Lipinski definition) is 1. The first kappa shape index (κ1) is 22.4. The molecule has 1 unspecified atom stereocenters. The minimum absolute atomic E-state index is 0.0204. The Labute approximate surface area is 192 Å². The van der Waals surface area contributed by atoms with Crippen molar-refractivity contribution in [3.63, 3.8) is 0 Å². The van der Waals surface area contributed by atoms with Crippen LogP contribution in [0.2, 0.25) is 0 Å². The van der Waals surface area contributed by atoms with E-state index in [0.29, 0.717) is 5.52 Å². The molecule has 0 radical (unpaired) electrons. The molecule has 0 aliphatic rings. The average Bonchev–Trinajstić information content (AvgIpc) is 3.24. The van der Waals surface area contributed by atoms with Gasteiger partial charge < -0.3 is 10.3 Å². The lowest BCUT2D eigenvalue weighted by molar-refractivity contribution is 0.1000. The van der Waals surface area contributed by atoms with Crippen LogP contribution in [0.15, 0.2) is 59.8 Å². The van der Waals surface area contributed by atoms with Crippen LogP contribution in [0.3, 0.4) is 0 Å². The minimum Gasteiger partial charge on any atom is -0.366 e. The SMILES string of the molecule is Cn1cccc(C(CC#Cc2c(C(N)=O)ccn3ncc(C#N)c23)c2cc(F)ccc2F)c1=O. The van der Waals surface area contributed by atoms with Gasteiger partial charge in [0.1, 0.15) is 23.2 Å². The second-order valence-electron chi connectivity index (χ2n) is 7.54. The van der Waals surface area contributed by atoms with Gasteiger partial charge in [-0.25, -0.2) is 13.3 Å². The topological polar surface area (TPSA) is 106 Å². The lowest BCUT2D eigenvalue weighted by atomic mass is 9.88. The highest BCUT2D eigenvalue weighted by molar-refractivity contribution is 5.98. The standard InChI is InChI=1S/C25H17F2N5O2/c1-31-10-3-6-20(25(31)34)17(21-12-16(26)7-8-22(21)27)4-2-5-18-19(24(29)33)9-11-32-23(18)15(13-28)14-30-32/h3,6-12,14,17H,4H2,1H3,(H2,29,33). The first-order valence-electron chi connectivity index (χ1n) is 10.1. The van der Waals surface area contributed by atoms with Crippen LogP contribution in [-0.4, -0.2) is 20.1 Å². The number of nitrogens with two attached hydrogens (primary N) is 1. The zero-order chi connectivity index (χ0) is 24.4. The predicted molar refractivity (Wildman–Crippen MR) is 120 cm³/mol. The number of primary amides is 1. The summed E-state index contributed by atoms with van der Waals surface area (Å²) >= 11 is 0. The molecule has 34 heavy (non-hydrogen) atoms. The number of benzene rings is 1. The van der Waals surface area contributed by atoms with Crippen molar-refractivity contribution in [1.82, 2.24) is 14.2 Å². The van der Waals surface area contributed by atoms with Crippen LogP contribution in [0.1, 0.15) is 45.0 Å². The molecule has 168 valence electrons. The fourth-order valence-corrected chi connectivity index (χ4v) is 3.79. The van der Waals surface area contributed by atoms with E-state index in [2.05, 4.69) is 16.9 Å². The van der Waals surface area contributed by atoms with Crippen LogP contribution in [-0.2, 0) is 7.05 Å². The molecule has 4 rings (SSSR count). The van der Waals surface area contributed by atoms with Gasteiger partial charge in [-0.05, 0) is 35.9 Å². The minimum atomic E-state index is -0.889. The van der Waals surface area contributed by atoms with Crippen LogP contribution in [0, 0.1) is 34.8 Å². The summed E-state index contributed by atoms with van der Waals surface area (Å²) in [5.74, 6) is 2.76. The molecule has 3 aromatic heterocycles. The van der Waals surface area contributed by atoms with E-state index in [-0.39, 0.29) is 39.8 Å². The van der Waals surface area contributed by atoms with E-state index in [4.69, 9.17) is 5.73 Å². The van der Waals surface area contributed by atoms with Crippen molar-refractivity contribution in [2.75, 3.05) is 0 Å². The average molecular weight is 457 g/mol. The first-order chi connectivity index (χ1) is 16.3. The molecule has 1 amide bonds. The molecule has 2 N–H and O–H groups in total. The van der Waals surface area contributed by atoms with E-state index in [9.17, 15) is 23.6 Å². The fourth-order valence-electron chi connectivity index (χ4n) is 3.79. The number of fused-ring (bicyclic) bond motifs is 1. The summed E-state index contributed by atoms with van der Waals surface area (Å²) in [5.41, 5.74) is 6.10. The number of nitriles is 1. The van der Waals surface area contributed by atoms with Crippen LogP contribution in [0.5, 0.6) is 0 Å². The van der Waals surface area contributed by atoms with Crippen molar-refractivity contribution >= 4 is 11.4 Å². The van der Waals surface area contributed by atoms with E-state index in [1.807, 2.05) is 6.07 Å². The number of aromatic nitrogens is 3. The highest BCUT2D eigenvalue weighted by Crippen LogP contribution is 2.29. The maximum atomic E-state index is 14.7. The molecule has 0 fully saturated rings. The maximum absolute atomic E-state index is 14.7. The number of hydrogen-bond acceptors (Lipinski definition) is 4. The summed E-state index contributed by atoms with van der Waals surface area (Å²) in [6, 6.07) is 9.63. The van der Waals surface area contributed by atoms with Gasteiger partial charge in [0.2, 0.25) is 5.91 Å². The second-order valence-corrected chi connectivity index (χ2v) is 7.54. The smallest absolute Gasteiger partial charge is 0.254 e. The van der Waals surface area contributed by atoms with Crippen LogP contribution in [0.4, 0.5) is 8.78 Å². The molecule has 0 bridgehead atoms. The highest BCUT2D eigenvalue weighted by atomic mass is 19.1. The molecular formula is C25H17F2N5O2. The Morgan fingerprint density at radius 3 is 2.74 bits per heavy atom. The molecule has 0 aliphatic carbocycles. The Kier molecular flexibility index (Phi) is 5.94. The van der Waals surface area contributed by atoms with Crippen molar-refractivity contribution in [2.45, 2.75) is 12.3 Å². The summed E-state index contributed by atoms with van der Waals surface area (Å²) in [6.45, 7) is 0. The van der Waals surface area contributed by atoms with Gasteiger partial charge >= 0.3 is 0 Å². The molecule has 9 heteroatoms. The van der Waals surface area contributed by atoms with E-state index < -0.39 is 23.5 Å². The third kappa shape index (κ3) is 4.03. The van der Waals surface area contributed by atoms with Crippen molar-refractivity contribution in [2.24, 2.45) is 12.8 Å². The maximum Gasteiger partial charge on any atom is 0.254 e. The molecule has 7 nitrogen and oxygen atoms in total. The van der Waals surface area contributed by atoms with Gasteiger partial charge in [0, 0.05) is 37.3 Å². The zero-order valence-corrected chi connectivity index (χ0v) is 17.9. The fraction of sp³-hybridized carbons (Fsp3) is 0.120. The Morgan fingerprint density at radius 2 is 2.00 bits per heavy atom. The Hall–Kier alpha value is -4.76. The molecule has 0 saturated carbocycles. The summed E-state index contributed by atoms with van der Waals surface area (Å²) in [7, 11) is 1.55. The largest absolute Gasteiger partial charge is 0.366 e. The third-order valence-corrected chi connectivity index (χ3v) is 5.45. The van der Waals surface area contributed by atoms with Gasteiger partial charge in [0.05, 0.1) is 22.9 Å². The molecule has 0 spiro atoms. The van der Waals surface area contributed by atoms with E-state index in [1.165, 1.54) is 27.5 Å². The van der Waals surface area contributed by atoms with Gasteiger partial charge in [-0.2, -0.15) is 10.4 Å². The number of carbonyl (C=O) groups excluding carboxylic acids is 1. The number of rotatable bonds is 4. The Morgan fingerprint density at radius 1 is 1.21 bits per heavy atom. The predicted octanol–water partition coefficient (Wildman–Crippen LogP) is 2.86. The number of amides is 1. The van der Waals surface area contributed by atoms with Gasteiger partial charge in [0.15, 0.2) is 0 Å². The van der Waals surface area contributed by atoms with Gasteiger partial charge in [-0.15, -0.1) is 0 Å². The van der Waals surface area contributed by atoms with E-state index in [1.54, 1.807) is 25.4 Å². The van der Waals surface area contributed by atoms with Crippen molar-refractivity contribution < 1.29 is 13.6 Å². The highest BCUT2D eigenvalue weighted by Gasteiger charge is 2.22. The molecule has 0 saturated heterocycles. The van der Waals surface area contributed by atoms with Crippen LogP contribution in [0.25, 0.3) is 5.52 Å². The Bertz CT molecular complexity index is 1600. The molecular weight excluding hydrogens is 440 g/mol. The van der Waals surface area contributed by atoms with Gasteiger partial charge in [-0.3, -0.25) is 9.59 Å². The lowest BCUT2D eigenvalue weighted by Crippen LogP contribution is -2.23. The number of aryl methyl sites for hydroxylation is 1. The number of pyridine rings is 2. The normalized spacial score (nSPS) is 11.5. The monoisotopic (exact) mass is 457 g/mol. The number of halogens is 2. The lowest BCUT2D eigenvalue weighted by Gasteiger charge is -2.16. The van der Waals surface area contributed by atoms with Crippen molar-refractivity contribution in [3.8, 4) is 17.9 Å². The van der Waals surface area contributed by atoms with Crippen molar-refractivity contribution in [3.05, 3.63) is 105 Å². The second kappa shape index (κ2) is 9.00. The van der Waals surface area contributed by atoms with Crippen LogP contribution < -0.4 is 11.3 Å². The first-order valence-corrected chi connectivity index (χ1v) is 10.1. The number of carbonyl (C=O) groups is 1. The molecule has 1 aromatic carbocycles. The van der Waals surface area contributed by atoms with Crippen molar-refractivity contribution in [1.29, 1.82) is 5.26 Å². The molecule has 0 aliphatic heterocycles. The van der Waals surface area contributed by atoms with Crippen LogP contribution >= 0.6 is 0 Å². The summed E-state index contributed by atoms with van der Waals surface area (Å²) < 4.78 is 31.4. The molecule has 4 aromatic rings. The summed E-state index contributed by atoms with van der Waals surface area (Å²) in [6.07, 6.45) is 4.30. The molecule has 3 heterocycles. The third-order valence-electron chi connectivity index (χ3n) is 5.45. The summed E-state index contributed by atoms with van der Waals surface area (Å²) in [5, 5.41) is 13.5. The summed E-state index contributed by atoms with van der Waals surface area (Å²) in [4.78, 5) is 24.8.